The lowest BCUT2D eigenvalue weighted by Gasteiger charge is -2.19. The Morgan fingerprint density at radius 3 is 2.44 bits per heavy atom. The molecule has 0 aliphatic rings. The molecule has 11 nitrogen and oxygen atoms in total. The fourth-order valence-corrected chi connectivity index (χ4v) is 4.87. The van der Waals surface area contributed by atoms with Crippen LogP contribution in [0, 0.1) is 18.3 Å². The van der Waals surface area contributed by atoms with Crippen LogP contribution in [0.2, 0.25) is 0 Å². The molecule has 2 aromatic carbocycles. The third kappa shape index (κ3) is 9.41. The smallest absolute Gasteiger partial charge is 0.161 e. The highest BCUT2D eigenvalue weighted by Gasteiger charge is 2.18. The van der Waals surface area contributed by atoms with E-state index < -0.39 is 6.10 Å². The maximum Gasteiger partial charge on any atom is 0.161 e. The molecular formula is C29H37N7O4S. The van der Waals surface area contributed by atoms with Crippen molar-refractivity contribution < 1.29 is 20.1 Å². The van der Waals surface area contributed by atoms with Crippen LogP contribution in [0.25, 0.3) is 0 Å². The number of nitriles is 1. The predicted octanol–water partition coefficient (Wildman–Crippen LogP) is 4.60. The molecule has 0 saturated heterocycles. The van der Waals surface area contributed by atoms with Gasteiger partial charge in [-0.05, 0) is 44.2 Å². The molecule has 0 fully saturated rings. The van der Waals surface area contributed by atoms with Crippen molar-refractivity contribution in [3.8, 4) is 11.8 Å². The van der Waals surface area contributed by atoms with Gasteiger partial charge in [0.25, 0.3) is 0 Å². The van der Waals surface area contributed by atoms with Crippen molar-refractivity contribution in [2.24, 2.45) is 10.2 Å². The zero-order valence-electron chi connectivity index (χ0n) is 23.5. The number of nitrogens with one attached hydrogen (secondary N) is 2. The number of benzene rings is 2. The topological polar surface area (TPSA) is 159 Å². The highest BCUT2D eigenvalue weighted by Crippen LogP contribution is 2.38. The first-order valence-electron chi connectivity index (χ1n) is 13.3. The number of azo groups is 1. The summed E-state index contributed by atoms with van der Waals surface area (Å²) in [4.78, 5) is 7.61. The maximum atomic E-state index is 9.92. The number of pyridine rings is 1. The monoisotopic (exact) mass is 579 g/mol. The number of hydrogen-bond acceptors (Lipinski definition) is 12. The van der Waals surface area contributed by atoms with Crippen molar-refractivity contribution in [2.45, 2.75) is 24.8 Å². The summed E-state index contributed by atoms with van der Waals surface area (Å²) in [5.41, 5.74) is 2.59. The van der Waals surface area contributed by atoms with Crippen molar-refractivity contribution in [3.63, 3.8) is 0 Å². The van der Waals surface area contributed by atoms with Gasteiger partial charge in [-0.1, -0.05) is 18.2 Å². The van der Waals surface area contributed by atoms with E-state index in [-0.39, 0.29) is 19.8 Å². The summed E-state index contributed by atoms with van der Waals surface area (Å²) >= 11 is 1.62. The summed E-state index contributed by atoms with van der Waals surface area (Å²) in [5.74, 6) is 2.04. The lowest BCUT2D eigenvalue weighted by Crippen LogP contribution is -2.31. The first-order chi connectivity index (χ1) is 19.9. The molecule has 0 amide bonds. The van der Waals surface area contributed by atoms with E-state index in [4.69, 9.17) is 4.74 Å². The van der Waals surface area contributed by atoms with E-state index in [9.17, 15) is 20.6 Å². The van der Waals surface area contributed by atoms with Crippen LogP contribution in [0.5, 0.6) is 5.75 Å². The quantitative estimate of drug-likeness (QED) is 0.120. The Morgan fingerprint density at radius 1 is 1.07 bits per heavy atom. The first kappa shape index (κ1) is 31.8. The van der Waals surface area contributed by atoms with Crippen molar-refractivity contribution in [1.82, 2.24) is 9.88 Å². The standard InChI is InChI=1S/C29H37N7O4S/c1-20(39)19-31-28-24(18-30)21(2)27(29(33-28)32-22-7-5-4-6-8-22)35-34-25-17-23(9-10-26(25)40-3)41-16-13-36(11-14-37)12-15-38/h4-10,17,20,37-39H,11-16,19H2,1-3H3,(H2,31,32,33). The van der Waals surface area contributed by atoms with Gasteiger partial charge in [-0.3, -0.25) is 4.90 Å². The Labute approximate surface area is 244 Å². The molecule has 1 atom stereocenters. The number of para-hydroxylation sites is 1. The van der Waals surface area contributed by atoms with Crippen LogP contribution < -0.4 is 15.4 Å². The molecule has 1 aromatic heterocycles. The molecule has 0 bridgehead atoms. The van der Waals surface area contributed by atoms with Crippen molar-refractivity contribution in [3.05, 3.63) is 59.7 Å². The minimum Gasteiger partial charge on any atom is -0.494 e. The van der Waals surface area contributed by atoms with E-state index in [0.717, 1.165) is 16.3 Å². The van der Waals surface area contributed by atoms with Gasteiger partial charge < -0.3 is 30.7 Å². The number of aliphatic hydroxyl groups excluding tert-OH is 3. The van der Waals surface area contributed by atoms with Crippen molar-refractivity contribution >= 4 is 40.5 Å². The van der Waals surface area contributed by atoms with Crippen LogP contribution in [-0.2, 0) is 0 Å². The van der Waals surface area contributed by atoms with E-state index in [1.165, 1.54) is 0 Å². The summed E-state index contributed by atoms with van der Waals surface area (Å²) in [5, 5.41) is 53.5. The molecular weight excluding hydrogens is 542 g/mol. The zero-order chi connectivity index (χ0) is 29.6. The van der Waals surface area contributed by atoms with Crippen LogP contribution in [-0.4, -0.2) is 83.6 Å². The second-order valence-electron chi connectivity index (χ2n) is 9.16. The Balaban J connectivity index is 1.94. The Morgan fingerprint density at radius 2 is 1.80 bits per heavy atom. The number of aliphatic hydroxyl groups is 3. The number of thioether (sulfide) groups is 1. The van der Waals surface area contributed by atoms with E-state index in [1.54, 1.807) is 32.7 Å². The van der Waals surface area contributed by atoms with Gasteiger partial charge in [-0.25, -0.2) is 4.98 Å². The van der Waals surface area contributed by atoms with Crippen molar-refractivity contribution in [1.29, 1.82) is 5.26 Å². The van der Waals surface area contributed by atoms with E-state index >= 15 is 0 Å². The lowest BCUT2D eigenvalue weighted by atomic mass is 10.1. The molecule has 12 heteroatoms. The summed E-state index contributed by atoms with van der Waals surface area (Å²) in [7, 11) is 1.56. The van der Waals surface area contributed by atoms with E-state index in [0.29, 0.717) is 59.5 Å². The molecule has 0 radical (unpaired) electrons. The van der Waals surface area contributed by atoms with Crippen LogP contribution in [0.1, 0.15) is 18.1 Å². The summed E-state index contributed by atoms with van der Waals surface area (Å²) in [6.45, 7) is 5.47. The molecule has 0 saturated carbocycles. The number of nitrogens with zero attached hydrogens (tertiary/aromatic N) is 5. The highest BCUT2D eigenvalue weighted by molar-refractivity contribution is 7.99. The Hall–Kier alpha value is -3.73. The van der Waals surface area contributed by atoms with E-state index in [2.05, 4.69) is 31.9 Å². The number of aromatic nitrogens is 1. The van der Waals surface area contributed by atoms with Gasteiger partial charge in [0.1, 0.15) is 29.0 Å². The number of rotatable bonds is 16. The Bertz CT molecular complexity index is 1330. The number of hydrogen-bond donors (Lipinski definition) is 5. The van der Waals surface area contributed by atoms with E-state index in [1.807, 2.05) is 53.4 Å². The third-order valence-corrected chi connectivity index (χ3v) is 7.02. The summed E-state index contributed by atoms with van der Waals surface area (Å²) in [6.07, 6.45) is -0.626. The average molecular weight is 580 g/mol. The molecule has 5 N–H and O–H groups in total. The van der Waals surface area contributed by atoms with Gasteiger partial charge >= 0.3 is 0 Å². The van der Waals surface area contributed by atoms with Gasteiger partial charge in [0.05, 0.1) is 32.0 Å². The molecule has 3 aromatic rings. The lowest BCUT2D eigenvalue weighted by molar-refractivity contribution is 0.167. The number of ether oxygens (including phenoxy) is 1. The predicted molar refractivity (Wildman–Crippen MR) is 162 cm³/mol. The van der Waals surface area contributed by atoms with Gasteiger partial charge in [0.15, 0.2) is 5.82 Å². The summed E-state index contributed by atoms with van der Waals surface area (Å²) < 4.78 is 5.53. The number of anilines is 3. The molecule has 0 aliphatic carbocycles. The molecule has 1 heterocycles. The molecule has 41 heavy (non-hydrogen) atoms. The van der Waals surface area contributed by atoms with Crippen LogP contribution in [0.4, 0.5) is 28.7 Å². The summed E-state index contributed by atoms with van der Waals surface area (Å²) in [6, 6.07) is 17.3. The fraction of sp³-hybridized carbons (Fsp3) is 0.379. The SMILES string of the molecule is COc1ccc(SCCN(CCO)CCO)cc1N=Nc1c(Nc2ccccc2)nc(NCC(C)O)c(C#N)c1C. The van der Waals surface area contributed by atoms with Crippen LogP contribution in [0.3, 0.4) is 0 Å². The molecule has 0 aliphatic heterocycles. The fourth-order valence-electron chi connectivity index (χ4n) is 3.92. The second-order valence-corrected chi connectivity index (χ2v) is 10.3. The van der Waals surface area contributed by atoms with Gasteiger partial charge in [0.2, 0.25) is 0 Å². The third-order valence-electron chi connectivity index (χ3n) is 6.04. The largest absolute Gasteiger partial charge is 0.494 e. The molecule has 1 unspecified atom stereocenters. The van der Waals surface area contributed by atoms with Gasteiger partial charge in [-0.2, -0.15) is 5.26 Å². The minimum absolute atomic E-state index is 0.0399. The Kier molecular flexibility index (Phi) is 12.8. The molecule has 218 valence electrons. The van der Waals surface area contributed by atoms with Crippen LogP contribution >= 0.6 is 11.8 Å². The number of methoxy groups -OCH3 is 1. The van der Waals surface area contributed by atoms with Crippen molar-refractivity contribution in [2.75, 3.05) is 62.9 Å². The minimum atomic E-state index is -0.626. The second kappa shape index (κ2) is 16.5. The van der Waals surface area contributed by atoms with Crippen LogP contribution in [0.15, 0.2) is 63.7 Å². The highest BCUT2D eigenvalue weighted by atomic mass is 32.2. The maximum absolute atomic E-state index is 9.92. The zero-order valence-corrected chi connectivity index (χ0v) is 24.4. The first-order valence-corrected chi connectivity index (χ1v) is 14.2. The average Bonchev–Trinajstić information content (AvgIpc) is 2.96. The molecule has 0 spiro atoms. The van der Waals surface area contributed by atoms with Gasteiger partial charge in [-0.15, -0.1) is 22.0 Å². The molecule has 3 rings (SSSR count). The normalized spacial score (nSPS) is 12.0. The van der Waals surface area contributed by atoms with Gasteiger partial charge in [0, 0.05) is 48.1 Å².